The van der Waals surface area contributed by atoms with Gasteiger partial charge in [0, 0.05) is 6.54 Å². The number of imidazole rings is 1. The number of anilines is 1. The van der Waals surface area contributed by atoms with E-state index in [1.807, 2.05) is 18.2 Å². The molecule has 0 saturated heterocycles. The van der Waals surface area contributed by atoms with Gasteiger partial charge in [0.1, 0.15) is 18.5 Å². The Kier molecular flexibility index (Phi) is 4.17. The lowest BCUT2D eigenvalue weighted by Gasteiger charge is -2.09. The van der Waals surface area contributed by atoms with Crippen molar-refractivity contribution in [3.63, 3.8) is 0 Å². The third-order valence-corrected chi connectivity index (χ3v) is 4.04. The van der Waals surface area contributed by atoms with Gasteiger partial charge in [0.2, 0.25) is 11.6 Å². The summed E-state index contributed by atoms with van der Waals surface area (Å²) in [5, 5.41) is 14.7. The Morgan fingerprint density at radius 3 is 2.63 bits per heavy atom. The van der Waals surface area contributed by atoms with Gasteiger partial charge in [-0.1, -0.05) is 24.3 Å². The molecule has 0 bridgehead atoms. The van der Waals surface area contributed by atoms with Crippen molar-refractivity contribution in [2.24, 2.45) is 0 Å². The van der Waals surface area contributed by atoms with Gasteiger partial charge in [-0.05, 0) is 29.8 Å². The number of nitrogens with zero attached hydrogens (tertiary/aromatic N) is 5. The molecule has 0 spiro atoms. The second kappa shape index (κ2) is 6.79. The van der Waals surface area contributed by atoms with E-state index in [-0.39, 0.29) is 29.7 Å². The van der Waals surface area contributed by atoms with E-state index in [2.05, 4.69) is 20.3 Å². The molecule has 1 N–H and O–H groups in total. The molecule has 0 fully saturated rings. The molecule has 9 heteroatoms. The highest BCUT2D eigenvalue weighted by Crippen LogP contribution is 2.30. The van der Waals surface area contributed by atoms with E-state index in [9.17, 15) is 14.5 Å². The molecule has 0 aliphatic heterocycles. The average Bonchev–Trinajstić information content (AvgIpc) is 3.11. The maximum atomic E-state index is 13.0. The van der Waals surface area contributed by atoms with Crippen molar-refractivity contribution in [2.75, 3.05) is 5.32 Å². The number of aromatic nitrogens is 4. The van der Waals surface area contributed by atoms with Crippen molar-refractivity contribution in [3.8, 4) is 5.82 Å². The average molecular weight is 364 g/mol. The Bertz CT molecular complexity index is 1130. The van der Waals surface area contributed by atoms with Crippen molar-refractivity contribution >= 4 is 22.5 Å². The van der Waals surface area contributed by atoms with Crippen LogP contribution in [0.1, 0.15) is 5.56 Å². The van der Waals surface area contributed by atoms with Gasteiger partial charge < -0.3 is 5.32 Å². The molecule has 0 amide bonds. The number of hydrogen-bond acceptors (Lipinski definition) is 6. The summed E-state index contributed by atoms with van der Waals surface area (Å²) < 4.78 is 14.6. The summed E-state index contributed by atoms with van der Waals surface area (Å²) in [5.74, 6) is -0.154. The smallest absolute Gasteiger partial charge is 0.354 e. The Balaban J connectivity index is 1.74. The molecule has 2 heterocycles. The van der Waals surface area contributed by atoms with E-state index < -0.39 is 4.92 Å². The molecular weight excluding hydrogens is 351 g/mol. The highest BCUT2D eigenvalue weighted by molar-refractivity contribution is 5.79. The highest BCUT2D eigenvalue weighted by Gasteiger charge is 2.25. The van der Waals surface area contributed by atoms with E-state index >= 15 is 0 Å². The minimum absolute atomic E-state index is 0.0760. The van der Waals surface area contributed by atoms with Crippen LogP contribution in [-0.4, -0.2) is 24.4 Å². The maximum Gasteiger partial charge on any atom is 0.354 e. The second-order valence-corrected chi connectivity index (χ2v) is 5.73. The lowest BCUT2D eigenvalue weighted by Crippen LogP contribution is -2.09. The van der Waals surface area contributed by atoms with Crippen molar-refractivity contribution in [1.82, 2.24) is 19.5 Å². The molecule has 0 atom stereocenters. The molecule has 0 aliphatic carbocycles. The molecule has 2 aromatic carbocycles. The van der Waals surface area contributed by atoms with E-state index in [1.165, 1.54) is 24.8 Å². The van der Waals surface area contributed by atoms with Crippen molar-refractivity contribution < 1.29 is 9.31 Å². The van der Waals surface area contributed by atoms with E-state index in [0.717, 1.165) is 5.56 Å². The Labute approximate surface area is 152 Å². The first-order valence-corrected chi connectivity index (χ1v) is 8.03. The zero-order chi connectivity index (χ0) is 18.8. The third kappa shape index (κ3) is 3.17. The fraction of sp³-hybridized carbons (Fsp3) is 0.0556. The molecule has 0 radical (unpaired) electrons. The predicted octanol–water partition coefficient (Wildman–Crippen LogP) is 3.47. The minimum atomic E-state index is -0.531. The first-order valence-electron chi connectivity index (χ1n) is 8.03. The monoisotopic (exact) mass is 364 g/mol. The first-order chi connectivity index (χ1) is 13.1. The van der Waals surface area contributed by atoms with E-state index in [1.54, 1.807) is 22.8 Å². The minimum Gasteiger partial charge on any atom is -0.360 e. The summed E-state index contributed by atoms with van der Waals surface area (Å²) in [7, 11) is 0. The van der Waals surface area contributed by atoms with Crippen molar-refractivity contribution in [1.29, 1.82) is 0 Å². The summed E-state index contributed by atoms with van der Waals surface area (Å²) >= 11 is 0. The summed E-state index contributed by atoms with van der Waals surface area (Å²) in [4.78, 5) is 23.6. The van der Waals surface area contributed by atoms with Crippen molar-refractivity contribution in [2.45, 2.75) is 6.54 Å². The summed E-state index contributed by atoms with van der Waals surface area (Å²) in [6.07, 6.45) is 2.74. The van der Waals surface area contributed by atoms with Gasteiger partial charge in [-0.25, -0.2) is 19.3 Å². The van der Waals surface area contributed by atoms with Gasteiger partial charge in [0.25, 0.3) is 0 Å². The van der Waals surface area contributed by atoms with Gasteiger partial charge in [0.05, 0.1) is 16.0 Å². The normalized spacial score (nSPS) is 10.9. The zero-order valence-corrected chi connectivity index (χ0v) is 13.9. The van der Waals surface area contributed by atoms with Crippen LogP contribution in [0.25, 0.3) is 16.9 Å². The van der Waals surface area contributed by atoms with Crippen LogP contribution >= 0.6 is 0 Å². The number of nitrogens with one attached hydrogen (secondary N) is 1. The fourth-order valence-corrected chi connectivity index (χ4v) is 2.76. The van der Waals surface area contributed by atoms with Crippen LogP contribution in [0.3, 0.4) is 0 Å². The quantitative estimate of drug-likeness (QED) is 0.430. The van der Waals surface area contributed by atoms with Crippen LogP contribution < -0.4 is 5.32 Å². The number of fused-ring (bicyclic) bond motifs is 1. The van der Waals surface area contributed by atoms with Gasteiger partial charge in [-0.15, -0.1) is 0 Å². The van der Waals surface area contributed by atoms with Crippen LogP contribution in [0.4, 0.5) is 15.9 Å². The SMILES string of the molecule is O=[N+]([O-])c1c(NCc2ccc(F)cc2)ncnc1-n1cnc2ccccc21. The van der Waals surface area contributed by atoms with Crippen LogP contribution in [0, 0.1) is 15.9 Å². The van der Waals surface area contributed by atoms with Crippen LogP contribution in [0.2, 0.25) is 0 Å². The van der Waals surface area contributed by atoms with Gasteiger partial charge >= 0.3 is 5.69 Å². The molecule has 2 aromatic heterocycles. The molecular formula is C18H13FN6O2. The lowest BCUT2D eigenvalue weighted by molar-refractivity contribution is -0.384. The largest absolute Gasteiger partial charge is 0.360 e. The second-order valence-electron chi connectivity index (χ2n) is 5.73. The molecule has 0 aliphatic rings. The number of benzene rings is 2. The fourth-order valence-electron chi connectivity index (χ4n) is 2.76. The third-order valence-electron chi connectivity index (χ3n) is 4.04. The molecule has 0 unspecified atom stereocenters. The lowest BCUT2D eigenvalue weighted by atomic mass is 10.2. The van der Waals surface area contributed by atoms with E-state index in [4.69, 9.17) is 0 Å². The topological polar surface area (TPSA) is 98.8 Å². The highest BCUT2D eigenvalue weighted by atomic mass is 19.1. The Hall–Kier alpha value is -3.88. The van der Waals surface area contributed by atoms with E-state index in [0.29, 0.717) is 11.0 Å². The molecule has 27 heavy (non-hydrogen) atoms. The Morgan fingerprint density at radius 2 is 1.85 bits per heavy atom. The molecule has 0 saturated carbocycles. The number of rotatable bonds is 5. The predicted molar refractivity (Wildman–Crippen MR) is 97.0 cm³/mol. The van der Waals surface area contributed by atoms with Gasteiger partial charge in [-0.3, -0.25) is 14.7 Å². The zero-order valence-electron chi connectivity index (χ0n) is 13.9. The number of hydrogen-bond donors (Lipinski definition) is 1. The maximum absolute atomic E-state index is 13.0. The Morgan fingerprint density at radius 1 is 1.07 bits per heavy atom. The summed E-state index contributed by atoms with van der Waals surface area (Å²) in [6.45, 7) is 0.252. The van der Waals surface area contributed by atoms with Crippen LogP contribution in [-0.2, 0) is 6.54 Å². The number of para-hydroxylation sites is 2. The molecule has 134 valence electrons. The molecule has 8 nitrogen and oxygen atoms in total. The number of nitro groups is 1. The molecule has 4 rings (SSSR count). The van der Waals surface area contributed by atoms with Gasteiger partial charge in [0.15, 0.2) is 0 Å². The first kappa shape index (κ1) is 16.6. The van der Waals surface area contributed by atoms with Crippen molar-refractivity contribution in [3.05, 3.63) is 82.7 Å². The molecule has 4 aromatic rings. The van der Waals surface area contributed by atoms with Gasteiger partial charge in [-0.2, -0.15) is 0 Å². The van der Waals surface area contributed by atoms with Crippen LogP contribution in [0.5, 0.6) is 0 Å². The van der Waals surface area contributed by atoms with Crippen LogP contribution in [0.15, 0.2) is 61.2 Å². The standard InChI is InChI=1S/C18H13FN6O2/c19-13-7-5-12(6-8-13)9-20-17-16(25(26)27)18(22-10-21-17)24-11-23-14-3-1-2-4-15(14)24/h1-8,10-11H,9H2,(H,20,21,22). The summed E-state index contributed by atoms with van der Waals surface area (Å²) in [5.41, 5.74) is 1.90. The summed E-state index contributed by atoms with van der Waals surface area (Å²) in [6, 6.07) is 13.1. The number of halogens is 1.